The largest absolute Gasteiger partial charge is 0.377 e. The molecule has 152 valence electrons. The number of nitrogens with zero attached hydrogens (tertiary/aromatic N) is 1. The summed E-state index contributed by atoms with van der Waals surface area (Å²) in [5.41, 5.74) is 3.65. The smallest absolute Gasteiger partial charge is 0.278 e. The highest BCUT2D eigenvalue weighted by molar-refractivity contribution is 6.36. The molecule has 0 unspecified atom stereocenters. The van der Waals surface area contributed by atoms with E-state index in [1.165, 1.54) is 29.2 Å². The van der Waals surface area contributed by atoms with E-state index in [1.54, 1.807) is 0 Å². The zero-order chi connectivity index (χ0) is 21.1. The average molecular weight is 396 g/mol. The standard InChI is InChI=1S/C23H25FN2O3/c1-14(2)29-12-11-26-22(27)20(17-7-9-18(24)10-8-17)21(23(26)28)25-19-13-15(3)5-6-16(19)4/h5-10,13-14,25H,11-12H2,1-4H3. The summed E-state index contributed by atoms with van der Waals surface area (Å²) in [4.78, 5) is 27.4. The topological polar surface area (TPSA) is 58.6 Å². The molecule has 5 nitrogen and oxygen atoms in total. The third kappa shape index (κ3) is 4.54. The lowest BCUT2D eigenvalue weighted by molar-refractivity contribution is -0.137. The van der Waals surface area contributed by atoms with E-state index in [2.05, 4.69) is 5.32 Å². The maximum atomic E-state index is 13.4. The van der Waals surface area contributed by atoms with Crippen LogP contribution in [0.3, 0.4) is 0 Å². The highest BCUT2D eigenvalue weighted by atomic mass is 19.1. The Balaban J connectivity index is 1.99. The SMILES string of the molecule is Cc1ccc(C)c(NC2=C(c3ccc(F)cc3)C(=O)N(CCOC(C)C)C2=O)c1. The van der Waals surface area contributed by atoms with Crippen molar-refractivity contribution in [1.29, 1.82) is 0 Å². The molecule has 1 heterocycles. The Morgan fingerprint density at radius 2 is 1.72 bits per heavy atom. The number of benzene rings is 2. The molecule has 0 aromatic heterocycles. The lowest BCUT2D eigenvalue weighted by atomic mass is 10.0. The predicted molar refractivity (Wildman–Crippen MR) is 111 cm³/mol. The van der Waals surface area contributed by atoms with Crippen LogP contribution in [0, 0.1) is 19.7 Å². The molecular weight excluding hydrogens is 371 g/mol. The van der Waals surface area contributed by atoms with Crippen molar-refractivity contribution in [2.24, 2.45) is 0 Å². The summed E-state index contributed by atoms with van der Waals surface area (Å²) in [7, 11) is 0. The Hall–Kier alpha value is -2.99. The molecule has 0 bridgehead atoms. The number of anilines is 1. The highest BCUT2D eigenvalue weighted by Gasteiger charge is 2.39. The van der Waals surface area contributed by atoms with Gasteiger partial charge in [-0.2, -0.15) is 0 Å². The molecule has 0 aliphatic carbocycles. The number of ether oxygens (including phenoxy) is 1. The van der Waals surface area contributed by atoms with E-state index in [0.29, 0.717) is 5.56 Å². The zero-order valence-electron chi connectivity index (χ0n) is 17.1. The van der Waals surface area contributed by atoms with E-state index >= 15 is 0 Å². The number of halogens is 1. The normalized spacial score (nSPS) is 14.3. The van der Waals surface area contributed by atoms with Gasteiger partial charge in [-0.05, 0) is 62.6 Å². The first-order valence-electron chi connectivity index (χ1n) is 9.60. The van der Waals surface area contributed by atoms with Crippen LogP contribution in [0.25, 0.3) is 5.57 Å². The van der Waals surface area contributed by atoms with Crippen molar-refractivity contribution in [3.05, 3.63) is 70.7 Å². The number of aryl methyl sites for hydroxylation is 2. The molecule has 1 N–H and O–H groups in total. The molecule has 1 aliphatic rings. The maximum absolute atomic E-state index is 13.4. The average Bonchev–Trinajstić information content (AvgIpc) is 2.89. The fourth-order valence-corrected chi connectivity index (χ4v) is 3.16. The maximum Gasteiger partial charge on any atom is 0.278 e. The molecule has 0 fully saturated rings. The lowest BCUT2D eigenvalue weighted by Crippen LogP contribution is -2.35. The minimum Gasteiger partial charge on any atom is -0.377 e. The zero-order valence-corrected chi connectivity index (χ0v) is 17.1. The van der Waals surface area contributed by atoms with E-state index < -0.39 is 17.6 Å². The van der Waals surface area contributed by atoms with Crippen LogP contribution in [0.15, 0.2) is 48.2 Å². The van der Waals surface area contributed by atoms with Gasteiger partial charge < -0.3 is 10.1 Å². The van der Waals surface area contributed by atoms with Crippen molar-refractivity contribution in [3.8, 4) is 0 Å². The summed E-state index contributed by atoms with van der Waals surface area (Å²) in [6.45, 7) is 8.07. The van der Waals surface area contributed by atoms with Crippen molar-refractivity contribution in [2.45, 2.75) is 33.8 Å². The molecule has 2 aromatic rings. The second-order valence-corrected chi connectivity index (χ2v) is 7.38. The fraction of sp³-hybridized carbons (Fsp3) is 0.304. The van der Waals surface area contributed by atoms with Crippen LogP contribution in [0.4, 0.5) is 10.1 Å². The van der Waals surface area contributed by atoms with Gasteiger partial charge in [-0.15, -0.1) is 0 Å². The Kier molecular flexibility index (Phi) is 6.13. The van der Waals surface area contributed by atoms with Gasteiger partial charge in [-0.3, -0.25) is 14.5 Å². The number of hydrogen-bond acceptors (Lipinski definition) is 4. The summed E-state index contributed by atoms with van der Waals surface area (Å²) >= 11 is 0. The molecule has 0 spiro atoms. The van der Waals surface area contributed by atoms with Gasteiger partial charge >= 0.3 is 0 Å². The fourth-order valence-electron chi connectivity index (χ4n) is 3.16. The quantitative estimate of drug-likeness (QED) is 0.717. The molecular formula is C23H25FN2O3. The number of rotatable bonds is 7. The number of carbonyl (C=O) groups excluding carboxylic acids is 2. The molecule has 0 saturated heterocycles. The molecule has 0 radical (unpaired) electrons. The summed E-state index contributed by atoms with van der Waals surface area (Å²) in [5.74, 6) is -1.23. The van der Waals surface area contributed by atoms with Crippen molar-refractivity contribution >= 4 is 23.1 Å². The van der Waals surface area contributed by atoms with E-state index in [9.17, 15) is 14.0 Å². The van der Waals surface area contributed by atoms with E-state index in [0.717, 1.165) is 16.8 Å². The number of amides is 2. The van der Waals surface area contributed by atoms with E-state index in [-0.39, 0.29) is 30.5 Å². The van der Waals surface area contributed by atoms with E-state index in [1.807, 2.05) is 45.9 Å². The second-order valence-electron chi connectivity index (χ2n) is 7.38. The Morgan fingerprint density at radius 1 is 1.03 bits per heavy atom. The van der Waals surface area contributed by atoms with Crippen molar-refractivity contribution in [2.75, 3.05) is 18.5 Å². The molecule has 6 heteroatoms. The molecule has 0 atom stereocenters. The van der Waals surface area contributed by atoms with Crippen LogP contribution >= 0.6 is 0 Å². The molecule has 0 saturated carbocycles. The van der Waals surface area contributed by atoms with Gasteiger partial charge in [-0.1, -0.05) is 24.3 Å². The number of hydrogen-bond donors (Lipinski definition) is 1. The Morgan fingerprint density at radius 3 is 2.38 bits per heavy atom. The molecule has 29 heavy (non-hydrogen) atoms. The first kappa shape index (κ1) is 20.7. The molecule has 1 aliphatic heterocycles. The van der Waals surface area contributed by atoms with Crippen LogP contribution in [-0.4, -0.2) is 36.0 Å². The van der Waals surface area contributed by atoms with Crippen LogP contribution in [0.1, 0.15) is 30.5 Å². The van der Waals surface area contributed by atoms with Crippen molar-refractivity contribution < 1.29 is 18.7 Å². The van der Waals surface area contributed by atoms with Crippen LogP contribution < -0.4 is 5.32 Å². The second kappa shape index (κ2) is 8.57. The van der Waals surface area contributed by atoms with Crippen molar-refractivity contribution in [3.63, 3.8) is 0 Å². The minimum absolute atomic E-state index is 0.000116. The molecule has 3 rings (SSSR count). The van der Waals surface area contributed by atoms with Crippen LogP contribution in [0.5, 0.6) is 0 Å². The summed E-state index contributed by atoms with van der Waals surface area (Å²) < 4.78 is 18.9. The third-order valence-corrected chi connectivity index (χ3v) is 4.72. The van der Waals surface area contributed by atoms with Crippen LogP contribution in [-0.2, 0) is 14.3 Å². The molecule has 2 aromatic carbocycles. The first-order valence-corrected chi connectivity index (χ1v) is 9.60. The number of nitrogens with one attached hydrogen (secondary N) is 1. The molecule has 2 amide bonds. The first-order chi connectivity index (χ1) is 13.8. The van der Waals surface area contributed by atoms with Gasteiger partial charge in [-0.25, -0.2) is 4.39 Å². The van der Waals surface area contributed by atoms with Gasteiger partial charge in [0.25, 0.3) is 11.8 Å². The van der Waals surface area contributed by atoms with Gasteiger partial charge in [0, 0.05) is 5.69 Å². The van der Waals surface area contributed by atoms with E-state index in [4.69, 9.17) is 4.74 Å². The monoisotopic (exact) mass is 396 g/mol. The highest BCUT2D eigenvalue weighted by Crippen LogP contribution is 2.31. The third-order valence-electron chi connectivity index (χ3n) is 4.72. The number of carbonyl (C=O) groups is 2. The van der Waals surface area contributed by atoms with Gasteiger partial charge in [0.1, 0.15) is 11.5 Å². The summed E-state index contributed by atoms with van der Waals surface area (Å²) in [5, 5.41) is 3.16. The lowest BCUT2D eigenvalue weighted by Gasteiger charge is -2.17. The predicted octanol–water partition coefficient (Wildman–Crippen LogP) is 4.06. The van der Waals surface area contributed by atoms with Gasteiger partial charge in [0.05, 0.1) is 24.8 Å². The van der Waals surface area contributed by atoms with Crippen LogP contribution in [0.2, 0.25) is 0 Å². The minimum atomic E-state index is -0.415. The summed E-state index contributed by atoms with van der Waals surface area (Å²) in [6.07, 6.45) is -0.000116. The van der Waals surface area contributed by atoms with Gasteiger partial charge in [0.2, 0.25) is 0 Å². The number of imide groups is 1. The Bertz CT molecular complexity index is 965. The van der Waals surface area contributed by atoms with Gasteiger partial charge in [0.15, 0.2) is 0 Å². The summed E-state index contributed by atoms with van der Waals surface area (Å²) in [6, 6.07) is 11.4. The van der Waals surface area contributed by atoms with Crippen molar-refractivity contribution in [1.82, 2.24) is 4.90 Å². The Labute approximate surface area is 170 Å².